The van der Waals surface area contributed by atoms with Crippen LogP contribution in [0.1, 0.15) is 24.8 Å². The number of nitrogen functional groups attached to an aromatic ring is 1. The summed E-state index contributed by atoms with van der Waals surface area (Å²) in [6, 6.07) is 5.46. The van der Waals surface area contributed by atoms with Gasteiger partial charge in [-0.25, -0.2) is 0 Å². The number of benzene rings is 1. The van der Waals surface area contributed by atoms with Crippen molar-refractivity contribution in [1.29, 1.82) is 0 Å². The van der Waals surface area contributed by atoms with Crippen molar-refractivity contribution in [3.8, 4) is 0 Å². The highest BCUT2D eigenvalue weighted by atomic mass is 32.2. The van der Waals surface area contributed by atoms with Gasteiger partial charge in [0.05, 0.1) is 5.69 Å². The number of hydrogen-bond donors (Lipinski definition) is 1. The predicted octanol–water partition coefficient (Wildman–Crippen LogP) is 1.36. The SMILES string of the molecule is Nc1ccc2c(c1)CCN2S(=O)(=O)N1CCCCC1. The molecule has 2 heterocycles. The van der Waals surface area contributed by atoms with E-state index in [4.69, 9.17) is 5.73 Å². The van der Waals surface area contributed by atoms with E-state index in [0.29, 0.717) is 25.3 Å². The fraction of sp³-hybridized carbons (Fsp3) is 0.538. The first-order valence-corrected chi connectivity index (χ1v) is 8.15. The number of piperidine rings is 1. The first-order chi connectivity index (χ1) is 9.09. The van der Waals surface area contributed by atoms with Crippen molar-refractivity contribution in [1.82, 2.24) is 4.31 Å². The van der Waals surface area contributed by atoms with Gasteiger partial charge in [-0.05, 0) is 43.0 Å². The van der Waals surface area contributed by atoms with E-state index in [1.807, 2.05) is 12.1 Å². The van der Waals surface area contributed by atoms with Crippen molar-refractivity contribution in [3.63, 3.8) is 0 Å². The molecule has 19 heavy (non-hydrogen) atoms. The summed E-state index contributed by atoms with van der Waals surface area (Å²) >= 11 is 0. The quantitative estimate of drug-likeness (QED) is 0.832. The number of nitrogens with two attached hydrogens (primary N) is 1. The van der Waals surface area contributed by atoms with Crippen LogP contribution < -0.4 is 10.0 Å². The highest BCUT2D eigenvalue weighted by Crippen LogP contribution is 2.33. The summed E-state index contributed by atoms with van der Waals surface area (Å²) in [5.41, 5.74) is 8.26. The number of anilines is 2. The molecule has 6 heteroatoms. The van der Waals surface area contributed by atoms with Gasteiger partial charge in [0.25, 0.3) is 0 Å². The van der Waals surface area contributed by atoms with Crippen LogP contribution >= 0.6 is 0 Å². The predicted molar refractivity (Wildman–Crippen MR) is 76.2 cm³/mol. The smallest absolute Gasteiger partial charge is 0.304 e. The van der Waals surface area contributed by atoms with E-state index in [-0.39, 0.29) is 0 Å². The summed E-state index contributed by atoms with van der Waals surface area (Å²) < 4.78 is 28.5. The molecule has 1 aromatic rings. The highest BCUT2D eigenvalue weighted by molar-refractivity contribution is 7.90. The lowest BCUT2D eigenvalue weighted by Gasteiger charge is -2.31. The van der Waals surface area contributed by atoms with Crippen LogP contribution in [0.2, 0.25) is 0 Å². The van der Waals surface area contributed by atoms with Gasteiger partial charge in [0.2, 0.25) is 0 Å². The Morgan fingerprint density at radius 2 is 1.79 bits per heavy atom. The van der Waals surface area contributed by atoms with E-state index in [2.05, 4.69) is 0 Å². The zero-order valence-electron chi connectivity index (χ0n) is 10.9. The summed E-state index contributed by atoms with van der Waals surface area (Å²) in [7, 11) is -3.36. The maximum atomic E-state index is 12.7. The van der Waals surface area contributed by atoms with Gasteiger partial charge in [0.15, 0.2) is 0 Å². The van der Waals surface area contributed by atoms with Crippen molar-refractivity contribution in [2.24, 2.45) is 0 Å². The third-order valence-corrected chi connectivity index (χ3v) is 5.83. The average molecular weight is 281 g/mol. The van der Waals surface area contributed by atoms with Crippen LogP contribution in [0, 0.1) is 0 Å². The second-order valence-electron chi connectivity index (χ2n) is 5.18. The Kier molecular flexibility index (Phi) is 3.14. The largest absolute Gasteiger partial charge is 0.399 e. The van der Waals surface area contributed by atoms with Crippen molar-refractivity contribution < 1.29 is 8.42 Å². The summed E-state index contributed by atoms with van der Waals surface area (Å²) in [6.07, 6.45) is 3.79. The Bertz CT molecular complexity index is 580. The standard InChI is InChI=1S/C13H19N3O2S/c14-12-4-5-13-11(10-12)6-9-16(13)19(17,18)15-7-2-1-3-8-15/h4-5,10H,1-3,6-9,14H2. The highest BCUT2D eigenvalue weighted by Gasteiger charge is 2.34. The summed E-state index contributed by atoms with van der Waals surface area (Å²) in [5, 5.41) is 0. The summed E-state index contributed by atoms with van der Waals surface area (Å²) in [6.45, 7) is 1.81. The molecule has 0 atom stereocenters. The number of nitrogens with zero attached hydrogens (tertiary/aromatic N) is 2. The minimum atomic E-state index is -3.36. The second-order valence-corrected chi connectivity index (χ2v) is 7.03. The molecular formula is C13H19N3O2S. The molecule has 3 rings (SSSR count). The zero-order chi connectivity index (χ0) is 13.5. The van der Waals surface area contributed by atoms with Crippen molar-refractivity contribution >= 4 is 21.6 Å². The molecular weight excluding hydrogens is 262 g/mol. The van der Waals surface area contributed by atoms with Crippen molar-refractivity contribution in [2.45, 2.75) is 25.7 Å². The van der Waals surface area contributed by atoms with Gasteiger partial charge in [-0.15, -0.1) is 0 Å². The molecule has 0 bridgehead atoms. The number of rotatable bonds is 2. The average Bonchev–Trinajstić information content (AvgIpc) is 2.83. The van der Waals surface area contributed by atoms with Gasteiger partial charge in [-0.1, -0.05) is 6.42 Å². The molecule has 0 saturated carbocycles. The van der Waals surface area contributed by atoms with Crippen LogP contribution in [0.5, 0.6) is 0 Å². The Labute approximate surface area is 114 Å². The van der Waals surface area contributed by atoms with Gasteiger partial charge < -0.3 is 5.73 Å². The first-order valence-electron chi connectivity index (χ1n) is 6.75. The number of fused-ring (bicyclic) bond motifs is 1. The maximum Gasteiger partial charge on any atom is 0.304 e. The topological polar surface area (TPSA) is 66.6 Å². The van der Waals surface area contributed by atoms with Gasteiger partial charge in [0, 0.05) is 25.3 Å². The Hall–Kier alpha value is -1.27. The molecule has 2 aliphatic heterocycles. The molecule has 0 aromatic heterocycles. The maximum absolute atomic E-state index is 12.7. The third-order valence-electron chi connectivity index (χ3n) is 3.88. The molecule has 1 saturated heterocycles. The Morgan fingerprint density at radius 3 is 2.53 bits per heavy atom. The molecule has 2 N–H and O–H groups in total. The lowest BCUT2D eigenvalue weighted by atomic mass is 10.1. The normalized spacial score (nSPS) is 20.5. The third kappa shape index (κ3) is 2.19. The van der Waals surface area contributed by atoms with Gasteiger partial charge in [-0.3, -0.25) is 4.31 Å². The first kappa shape index (κ1) is 12.7. The zero-order valence-corrected chi connectivity index (χ0v) is 11.7. The van der Waals surface area contributed by atoms with Crippen molar-refractivity contribution in [2.75, 3.05) is 29.7 Å². The number of hydrogen-bond acceptors (Lipinski definition) is 3. The van der Waals surface area contributed by atoms with Gasteiger partial charge in [0.1, 0.15) is 0 Å². The molecule has 2 aliphatic rings. The molecule has 0 spiro atoms. The minimum absolute atomic E-state index is 0.525. The fourth-order valence-electron chi connectivity index (χ4n) is 2.87. The molecule has 0 radical (unpaired) electrons. The van der Waals surface area contributed by atoms with E-state index >= 15 is 0 Å². The van der Waals surface area contributed by atoms with Crippen LogP contribution in [0.15, 0.2) is 18.2 Å². The molecule has 1 fully saturated rings. The van der Waals surface area contributed by atoms with Crippen LogP contribution in [0.3, 0.4) is 0 Å². The summed E-state index contributed by atoms with van der Waals surface area (Å²) in [5.74, 6) is 0. The van der Waals surface area contributed by atoms with Crippen LogP contribution in [0.25, 0.3) is 0 Å². The van der Waals surface area contributed by atoms with E-state index in [1.54, 1.807) is 10.4 Å². The van der Waals surface area contributed by atoms with Gasteiger partial charge in [-0.2, -0.15) is 12.7 Å². The van der Waals surface area contributed by atoms with Gasteiger partial charge >= 0.3 is 10.2 Å². The molecule has 5 nitrogen and oxygen atoms in total. The fourth-order valence-corrected chi connectivity index (χ4v) is 4.61. The van der Waals surface area contributed by atoms with Crippen LogP contribution in [-0.2, 0) is 16.6 Å². The molecule has 0 aliphatic carbocycles. The Balaban J connectivity index is 1.92. The van der Waals surface area contributed by atoms with E-state index < -0.39 is 10.2 Å². The lowest BCUT2D eigenvalue weighted by Crippen LogP contribution is -2.45. The van der Waals surface area contributed by atoms with Crippen molar-refractivity contribution in [3.05, 3.63) is 23.8 Å². The molecule has 0 unspecified atom stereocenters. The van der Waals surface area contributed by atoms with Crippen LogP contribution in [-0.4, -0.2) is 32.4 Å². The minimum Gasteiger partial charge on any atom is -0.399 e. The molecule has 0 amide bonds. The Morgan fingerprint density at radius 1 is 1.05 bits per heavy atom. The van der Waals surface area contributed by atoms with E-state index in [0.717, 1.165) is 36.9 Å². The molecule has 1 aromatic carbocycles. The van der Waals surface area contributed by atoms with E-state index in [9.17, 15) is 8.42 Å². The molecule has 104 valence electrons. The monoisotopic (exact) mass is 281 g/mol. The summed E-state index contributed by atoms with van der Waals surface area (Å²) in [4.78, 5) is 0. The lowest BCUT2D eigenvalue weighted by molar-refractivity contribution is 0.345. The van der Waals surface area contributed by atoms with Crippen LogP contribution in [0.4, 0.5) is 11.4 Å². The second kappa shape index (κ2) is 4.68. The van der Waals surface area contributed by atoms with E-state index in [1.165, 1.54) is 4.31 Å².